The Morgan fingerprint density at radius 2 is 2.05 bits per heavy atom. The minimum atomic E-state index is 0.0183. The minimum Gasteiger partial charge on any atom is -0.352 e. The van der Waals surface area contributed by atoms with Gasteiger partial charge < -0.3 is 16.0 Å². The molecule has 2 rings (SSSR count). The second-order valence-electron chi connectivity index (χ2n) is 6.61. The summed E-state index contributed by atoms with van der Waals surface area (Å²) in [7, 11) is 0. The highest BCUT2D eigenvalue weighted by atomic mass is 16.2. The van der Waals surface area contributed by atoms with Crippen LogP contribution in [0.3, 0.4) is 0 Å². The normalized spacial score (nSPS) is 34.2. The number of hydrogen-bond acceptors (Lipinski definition) is 3. The maximum absolute atomic E-state index is 12.3. The lowest BCUT2D eigenvalue weighted by atomic mass is 9.78. The lowest BCUT2D eigenvalue weighted by Crippen LogP contribution is -2.49. The fourth-order valence-corrected chi connectivity index (χ4v) is 3.45. The molecular formula is C15H29N3O. The molecule has 1 saturated heterocycles. The second kappa shape index (κ2) is 6.71. The average Bonchev–Trinajstić information content (AvgIpc) is 2.84. The fourth-order valence-electron chi connectivity index (χ4n) is 3.45. The molecule has 0 radical (unpaired) electrons. The van der Waals surface area contributed by atoms with E-state index in [9.17, 15) is 4.79 Å². The van der Waals surface area contributed by atoms with Crippen LogP contribution < -0.4 is 11.1 Å². The van der Waals surface area contributed by atoms with E-state index >= 15 is 0 Å². The summed E-state index contributed by atoms with van der Waals surface area (Å²) in [6.45, 7) is 7.66. The van der Waals surface area contributed by atoms with Crippen LogP contribution in [0.1, 0.15) is 46.0 Å². The predicted molar refractivity (Wildman–Crippen MR) is 77.8 cm³/mol. The van der Waals surface area contributed by atoms with Crippen LogP contribution >= 0.6 is 0 Å². The molecule has 0 bridgehead atoms. The van der Waals surface area contributed by atoms with Gasteiger partial charge in [-0.1, -0.05) is 6.92 Å². The maximum Gasteiger partial charge on any atom is 0.224 e. The lowest BCUT2D eigenvalue weighted by Gasteiger charge is -2.32. The SMILES string of the molecule is CC1CCC(N)C(C(=O)NC(C)CN2CCCC2)C1. The Hall–Kier alpha value is -0.610. The van der Waals surface area contributed by atoms with Crippen LogP contribution in [0, 0.1) is 11.8 Å². The molecule has 4 atom stereocenters. The number of carbonyl (C=O) groups is 1. The van der Waals surface area contributed by atoms with E-state index in [2.05, 4.69) is 24.1 Å². The molecule has 4 nitrogen and oxygen atoms in total. The van der Waals surface area contributed by atoms with Crippen LogP contribution in [0.2, 0.25) is 0 Å². The summed E-state index contributed by atoms with van der Waals surface area (Å²) in [5, 5.41) is 3.17. The largest absolute Gasteiger partial charge is 0.352 e. The number of nitrogens with one attached hydrogen (secondary N) is 1. The Kier molecular flexibility index (Phi) is 5.22. The van der Waals surface area contributed by atoms with Gasteiger partial charge in [-0.3, -0.25) is 4.79 Å². The third kappa shape index (κ3) is 4.18. The molecule has 2 aliphatic rings. The Bertz CT molecular complexity index is 302. The van der Waals surface area contributed by atoms with Crippen molar-refractivity contribution in [3.05, 3.63) is 0 Å². The van der Waals surface area contributed by atoms with Gasteiger partial charge in [0.05, 0.1) is 5.92 Å². The second-order valence-corrected chi connectivity index (χ2v) is 6.61. The Morgan fingerprint density at radius 1 is 1.37 bits per heavy atom. The fraction of sp³-hybridized carbons (Fsp3) is 0.933. The number of carbonyl (C=O) groups excluding carboxylic acids is 1. The third-order valence-corrected chi connectivity index (χ3v) is 4.62. The van der Waals surface area contributed by atoms with E-state index < -0.39 is 0 Å². The number of nitrogens with zero attached hydrogens (tertiary/aromatic N) is 1. The third-order valence-electron chi connectivity index (χ3n) is 4.62. The molecule has 1 saturated carbocycles. The van der Waals surface area contributed by atoms with Crippen molar-refractivity contribution in [1.82, 2.24) is 10.2 Å². The van der Waals surface area contributed by atoms with Gasteiger partial charge in [0, 0.05) is 18.6 Å². The molecule has 19 heavy (non-hydrogen) atoms. The highest BCUT2D eigenvalue weighted by Crippen LogP contribution is 2.28. The first-order valence-corrected chi connectivity index (χ1v) is 7.84. The van der Waals surface area contributed by atoms with Gasteiger partial charge in [-0.05, 0) is 58.0 Å². The van der Waals surface area contributed by atoms with Gasteiger partial charge in [0.15, 0.2) is 0 Å². The van der Waals surface area contributed by atoms with Crippen LogP contribution in [-0.4, -0.2) is 42.5 Å². The summed E-state index contributed by atoms with van der Waals surface area (Å²) in [6.07, 6.45) is 5.69. The van der Waals surface area contributed by atoms with E-state index in [0.29, 0.717) is 5.92 Å². The molecule has 0 spiro atoms. The first-order chi connectivity index (χ1) is 9.06. The molecule has 1 aliphatic heterocycles. The highest BCUT2D eigenvalue weighted by Gasteiger charge is 2.32. The molecule has 0 aromatic rings. The molecule has 1 heterocycles. The Morgan fingerprint density at radius 3 is 2.74 bits per heavy atom. The summed E-state index contributed by atoms with van der Waals surface area (Å²) in [6, 6.07) is 0.283. The van der Waals surface area contributed by atoms with E-state index in [1.165, 1.54) is 25.9 Å². The van der Waals surface area contributed by atoms with Crippen LogP contribution in [0.5, 0.6) is 0 Å². The molecule has 1 aliphatic carbocycles. The maximum atomic E-state index is 12.3. The van der Waals surface area contributed by atoms with Crippen LogP contribution in [-0.2, 0) is 4.79 Å². The van der Waals surface area contributed by atoms with Crippen LogP contribution in [0.4, 0.5) is 0 Å². The Balaban J connectivity index is 1.78. The van der Waals surface area contributed by atoms with Gasteiger partial charge in [0.2, 0.25) is 5.91 Å². The van der Waals surface area contributed by atoms with E-state index in [1.807, 2.05) is 0 Å². The van der Waals surface area contributed by atoms with Crippen LogP contribution in [0.15, 0.2) is 0 Å². The van der Waals surface area contributed by atoms with Gasteiger partial charge >= 0.3 is 0 Å². The number of amides is 1. The lowest BCUT2D eigenvalue weighted by molar-refractivity contribution is -0.127. The summed E-state index contributed by atoms with van der Waals surface area (Å²) in [5.41, 5.74) is 6.11. The molecule has 4 unspecified atom stereocenters. The molecule has 0 aromatic heterocycles. The first-order valence-electron chi connectivity index (χ1n) is 7.84. The van der Waals surface area contributed by atoms with Gasteiger partial charge in [0.25, 0.3) is 0 Å². The molecule has 2 fully saturated rings. The molecule has 1 amide bonds. The first kappa shape index (κ1) is 14.8. The van der Waals surface area contributed by atoms with E-state index in [0.717, 1.165) is 25.8 Å². The van der Waals surface area contributed by atoms with Crippen molar-refractivity contribution in [3.8, 4) is 0 Å². The van der Waals surface area contributed by atoms with Crippen molar-refractivity contribution in [2.75, 3.05) is 19.6 Å². The number of nitrogens with two attached hydrogens (primary N) is 1. The zero-order valence-corrected chi connectivity index (χ0v) is 12.4. The zero-order chi connectivity index (χ0) is 13.8. The topological polar surface area (TPSA) is 58.4 Å². The highest BCUT2D eigenvalue weighted by molar-refractivity contribution is 5.79. The summed E-state index contributed by atoms with van der Waals surface area (Å²) in [5.74, 6) is 0.819. The van der Waals surface area contributed by atoms with Crippen molar-refractivity contribution in [3.63, 3.8) is 0 Å². The van der Waals surface area contributed by atoms with Crippen molar-refractivity contribution in [2.45, 2.75) is 58.0 Å². The number of hydrogen-bond donors (Lipinski definition) is 2. The van der Waals surface area contributed by atoms with Crippen molar-refractivity contribution in [1.29, 1.82) is 0 Å². The van der Waals surface area contributed by atoms with E-state index in [1.54, 1.807) is 0 Å². The molecule has 0 aromatic carbocycles. The quantitative estimate of drug-likeness (QED) is 0.808. The van der Waals surface area contributed by atoms with Gasteiger partial charge in [0.1, 0.15) is 0 Å². The molecular weight excluding hydrogens is 238 g/mol. The van der Waals surface area contributed by atoms with Crippen molar-refractivity contribution < 1.29 is 4.79 Å². The summed E-state index contributed by atoms with van der Waals surface area (Å²) >= 11 is 0. The van der Waals surface area contributed by atoms with Gasteiger partial charge in [-0.15, -0.1) is 0 Å². The van der Waals surface area contributed by atoms with Crippen molar-refractivity contribution in [2.24, 2.45) is 17.6 Å². The molecule has 4 heteroatoms. The standard InChI is InChI=1S/C15H29N3O/c1-11-5-6-14(16)13(9-11)15(19)17-12(2)10-18-7-3-4-8-18/h11-14H,3-10,16H2,1-2H3,(H,17,19). The average molecular weight is 267 g/mol. The monoisotopic (exact) mass is 267 g/mol. The molecule has 3 N–H and O–H groups in total. The number of likely N-dealkylation sites (tertiary alicyclic amines) is 1. The van der Waals surface area contributed by atoms with Crippen molar-refractivity contribution >= 4 is 5.91 Å². The number of rotatable bonds is 4. The molecule has 110 valence electrons. The predicted octanol–water partition coefficient (Wildman–Crippen LogP) is 1.35. The smallest absolute Gasteiger partial charge is 0.224 e. The van der Waals surface area contributed by atoms with Gasteiger partial charge in [-0.25, -0.2) is 0 Å². The minimum absolute atomic E-state index is 0.0183. The summed E-state index contributed by atoms with van der Waals surface area (Å²) < 4.78 is 0. The van der Waals surface area contributed by atoms with Crippen LogP contribution in [0.25, 0.3) is 0 Å². The Labute approximate surface area is 117 Å². The zero-order valence-electron chi connectivity index (χ0n) is 12.4. The summed E-state index contributed by atoms with van der Waals surface area (Å²) in [4.78, 5) is 14.8. The van der Waals surface area contributed by atoms with E-state index in [-0.39, 0.29) is 23.9 Å². The van der Waals surface area contributed by atoms with Gasteiger partial charge in [-0.2, -0.15) is 0 Å². The van der Waals surface area contributed by atoms with E-state index in [4.69, 9.17) is 5.73 Å².